The summed E-state index contributed by atoms with van der Waals surface area (Å²) in [7, 11) is 1.75. The minimum atomic E-state index is -4.42. The van der Waals surface area contributed by atoms with E-state index in [1.165, 1.54) is 6.07 Å². The third-order valence-corrected chi connectivity index (χ3v) is 8.34. The second kappa shape index (κ2) is 13.5. The van der Waals surface area contributed by atoms with Gasteiger partial charge in [0.2, 0.25) is 0 Å². The molecule has 4 heterocycles. The number of carbonyl (C=O) groups excluding carboxylic acids is 1. The average molecular weight is 581 g/mol. The van der Waals surface area contributed by atoms with Crippen LogP contribution in [0.5, 0.6) is 0 Å². The van der Waals surface area contributed by atoms with Crippen LogP contribution in [0.25, 0.3) is 0 Å². The number of benzene rings is 1. The molecule has 2 atom stereocenters. The number of aromatic nitrogens is 2. The van der Waals surface area contributed by atoms with Gasteiger partial charge in [0.25, 0.3) is 5.91 Å². The lowest BCUT2D eigenvalue weighted by atomic mass is 9.96. The van der Waals surface area contributed by atoms with Crippen molar-refractivity contribution in [1.82, 2.24) is 14.9 Å². The first-order valence-electron chi connectivity index (χ1n) is 14.3. The topological polar surface area (TPSA) is 67.8 Å². The standard InChI is InChI=1S/C23H26F4N4O.C7H14O2/c1-14-5-8-30(9-6-14)22(32)20-15(2)21(29-19(12-24)28-20)31-10-7-16-3-4-18(23(25,26)27)11-17(16)13-31;1-6-3-4-9-5-7(6)8-2/h3-4,11,14H,5-10,12-13H2,1-2H3;6-7H,3-5H2,1-2H3. The van der Waals surface area contributed by atoms with Gasteiger partial charge in [-0.05, 0) is 67.7 Å². The number of piperidine rings is 1. The summed E-state index contributed by atoms with van der Waals surface area (Å²) in [5.41, 5.74) is 1.42. The fourth-order valence-electron chi connectivity index (χ4n) is 5.52. The van der Waals surface area contributed by atoms with Crippen LogP contribution >= 0.6 is 0 Å². The number of alkyl halides is 4. The maximum atomic E-state index is 13.6. The van der Waals surface area contributed by atoms with Crippen LogP contribution in [0.2, 0.25) is 0 Å². The highest BCUT2D eigenvalue weighted by atomic mass is 19.4. The van der Waals surface area contributed by atoms with E-state index in [0.29, 0.717) is 60.9 Å². The third kappa shape index (κ3) is 7.54. The second-order valence-corrected chi connectivity index (χ2v) is 11.3. The van der Waals surface area contributed by atoms with Crippen molar-refractivity contribution in [3.05, 3.63) is 52.0 Å². The van der Waals surface area contributed by atoms with Gasteiger partial charge in [-0.3, -0.25) is 4.79 Å². The van der Waals surface area contributed by atoms with Crippen LogP contribution in [-0.2, 0) is 35.3 Å². The van der Waals surface area contributed by atoms with E-state index in [0.717, 1.165) is 50.2 Å². The Kier molecular flexibility index (Phi) is 10.2. The maximum absolute atomic E-state index is 13.6. The lowest BCUT2D eigenvalue weighted by Crippen LogP contribution is -2.39. The van der Waals surface area contributed by atoms with Gasteiger partial charge in [0.05, 0.1) is 18.3 Å². The van der Waals surface area contributed by atoms with Crippen molar-refractivity contribution in [3.8, 4) is 0 Å². The van der Waals surface area contributed by atoms with Crippen LogP contribution in [0.3, 0.4) is 0 Å². The minimum Gasteiger partial charge on any atom is -0.379 e. The number of methoxy groups -OCH3 is 1. The highest BCUT2D eigenvalue weighted by Crippen LogP contribution is 2.34. The summed E-state index contributed by atoms with van der Waals surface area (Å²) in [5, 5.41) is 0. The normalized spacial score (nSPS) is 21.7. The Bertz CT molecular complexity index is 1200. The summed E-state index contributed by atoms with van der Waals surface area (Å²) in [6.45, 7) is 8.80. The lowest BCUT2D eigenvalue weighted by Gasteiger charge is -2.33. The minimum absolute atomic E-state index is 0.0887. The number of rotatable bonds is 4. The number of hydrogen-bond acceptors (Lipinski definition) is 6. The molecule has 11 heteroatoms. The molecule has 226 valence electrons. The van der Waals surface area contributed by atoms with E-state index in [-0.39, 0.29) is 24.0 Å². The summed E-state index contributed by atoms with van der Waals surface area (Å²) in [5.74, 6) is 1.30. The SMILES string of the molecule is COC1COCCC1C.Cc1c(C(=O)N2CCC(C)CC2)nc(CF)nc1N1CCc2ccc(C(F)(F)F)cc2C1. The number of carbonyl (C=O) groups is 1. The van der Waals surface area contributed by atoms with E-state index < -0.39 is 18.4 Å². The molecule has 0 radical (unpaired) electrons. The Balaban J connectivity index is 0.000000367. The summed E-state index contributed by atoms with van der Waals surface area (Å²) in [6, 6.07) is 3.78. The first kappa shape index (κ1) is 31.2. The fraction of sp³-hybridized carbons (Fsp3) is 0.633. The zero-order chi connectivity index (χ0) is 29.7. The van der Waals surface area contributed by atoms with Gasteiger partial charge in [0.15, 0.2) is 5.82 Å². The number of ether oxygens (including phenoxy) is 2. The highest BCUT2D eigenvalue weighted by molar-refractivity contribution is 5.95. The molecule has 0 N–H and O–H groups in total. The lowest BCUT2D eigenvalue weighted by molar-refractivity contribution is -0.137. The summed E-state index contributed by atoms with van der Waals surface area (Å²) < 4.78 is 63.5. The van der Waals surface area contributed by atoms with Crippen LogP contribution < -0.4 is 4.90 Å². The van der Waals surface area contributed by atoms with Crippen molar-refractivity contribution in [2.24, 2.45) is 11.8 Å². The molecule has 3 aliphatic heterocycles. The van der Waals surface area contributed by atoms with Crippen molar-refractivity contribution in [2.45, 2.75) is 72.0 Å². The number of fused-ring (bicyclic) bond motifs is 1. The number of nitrogens with zero attached hydrogens (tertiary/aromatic N) is 4. The molecule has 1 amide bonds. The Morgan fingerprint density at radius 2 is 1.83 bits per heavy atom. The number of halogens is 4. The Hall–Kier alpha value is -2.79. The fourth-order valence-corrected chi connectivity index (χ4v) is 5.52. The van der Waals surface area contributed by atoms with Gasteiger partial charge >= 0.3 is 6.18 Å². The molecule has 2 aromatic rings. The molecule has 2 saturated heterocycles. The first-order valence-corrected chi connectivity index (χ1v) is 14.3. The van der Waals surface area contributed by atoms with Crippen molar-refractivity contribution in [3.63, 3.8) is 0 Å². The monoisotopic (exact) mass is 580 g/mol. The average Bonchev–Trinajstić information content (AvgIpc) is 2.97. The second-order valence-electron chi connectivity index (χ2n) is 11.3. The first-order chi connectivity index (χ1) is 19.5. The smallest absolute Gasteiger partial charge is 0.379 e. The summed E-state index contributed by atoms with van der Waals surface area (Å²) in [4.78, 5) is 25.2. The number of anilines is 1. The molecule has 1 aromatic heterocycles. The van der Waals surface area contributed by atoms with E-state index in [4.69, 9.17) is 9.47 Å². The molecular formula is C30H40F4N4O3. The molecule has 0 spiro atoms. The maximum Gasteiger partial charge on any atom is 0.416 e. The van der Waals surface area contributed by atoms with Gasteiger partial charge in [-0.1, -0.05) is 19.9 Å². The van der Waals surface area contributed by atoms with Crippen molar-refractivity contribution in [2.75, 3.05) is 44.9 Å². The Morgan fingerprint density at radius 1 is 1.10 bits per heavy atom. The van der Waals surface area contributed by atoms with Gasteiger partial charge in [0.1, 0.15) is 18.2 Å². The van der Waals surface area contributed by atoms with Crippen LogP contribution in [0, 0.1) is 18.8 Å². The molecule has 5 rings (SSSR count). The van der Waals surface area contributed by atoms with Crippen molar-refractivity contribution >= 4 is 11.7 Å². The molecule has 2 fully saturated rings. The van der Waals surface area contributed by atoms with E-state index in [1.807, 2.05) is 4.90 Å². The van der Waals surface area contributed by atoms with E-state index in [9.17, 15) is 22.4 Å². The van der Waals surface area contributed by atoms with Crippen LogP contribution in [0.4, 0.5) is 23.4 Å². The predicted molar refractivity (Wildman–Crippen MR) is 147 cm³/mol. The quantitative estimate of drug-likeness (QED) is 0.428. The zero-order valence-electron chi connectivity index (χ0n) is 24.3. The van der Waals surface area contributed by atoms with Gasteiger partial charge in [0, 0.05) is 45.5 Å². The van der Waals surface area contributed by atoms with E-state index >= 15 is 0 Å². The molecule has 0 bridgehead atoms. The molecule has 7 nitrogen and oxygen atoms in total. The van der Waals surface area contributed by atoms with Crippen LogP contribution in [0.15, 0.2) is 18.2 Å². The van der Waals surface area contributed by atoms with E-state index in [2.05, 4.69) is 23.8 Å². The Morgan fingerprint density at radius 3 is 2.44 bits per heavy atom. The molecule has 2 unspecified atom stereocenters. The third-order valence-electron chi connectivity index (χ3n) is 8.34. The zero-order valence-corrected chi connectivity index (χ0v) is 24.3. The van der Waals surface area contributed by atoms with Crippen LogP contribution in [-0.4, -0.2) is 66.8 Å². The largest absolute Gasteiger partial charge is 0.416 e. The van der Waals surface area contributed by atoms with Gasteiger partial charge in [-0.25, -0.2) is 14.4 Å². The number of amides is 1. The molecular weight excluding hydrogens is 540 g/mol. The summed E-state index contributed by atoms with van der Waals surface area (Å²) in [6.07, 6.45) is -0.603. The van der Waals surface area contributed by atoms with Crippen molar-refractivity contribution in [1.29, 1.82) is 0 Å². The van der Waals surface area contributed by atoms with Crippen molar-refractivity contribution < 1.29 is 31.8 Å². The molecule has 3 aliphatic rings. The van der Waals surface area contributed by atoms with Gasteiger partial charge in [-0.2, -0.15) is 13.2 Å². The summed E-state index contributed by atoms with van der Waals surface area (Å²) >= 11 is 0. The van der Waals surface area contributed by atoms with Gasteiger partial charge < -0.3 is 19.3 Å². The molecule has 0 aliphatic carbocycles. The van der Waals surface area contributed by atoms with E-state index in [1.54, 1.807) is 18.9 Å². The van der Waals surface area contributed by atoms with Gasteiger partial charge in [-0.15, -0.1) is 0 Å². The van der Waals surface area contributed by atoms with Crippen LogP contribution in [0.1, 0.15) is 71.7 Å². The Labute approximate surface area is 239 Å². The number of likely N-dealkylation sites (tertiary alicyclic amines) is 1. The molecule has 41 heavy (non-hydrogen) atoms. The molecule has 1 aromatic carbocycles. The predicted octanol–water partition coefficient (Wildman–Crippen LogP) is 5.77. The molecule has 0 saturated carbocycles. The number of hydrogen-bond donors (Lipinski definition) is 0. The highest BCUT2D eigenvalue weighted by Gasteiger charge is 2.33.